The molecule has 1 N–H and O–H groups in total. The average Bonchev–Trinajstić information content (AvgIpc) is 3.20. The van der Waals surface area contributed by atoms with Crippen molar-refractivity contribution in [3.05, 3.63) is 35.9 Å². The molecule has 4 nitrogen and oxygen atoms in total. The number of ketones is 1. The Hall–Kier alpha value is -1.68. The van der Waals surface area contributed by atoms with E-state index in [1.165, 1.54) is 12.8 Å². The molecule has 192 valence electrons. The highest BCUT2D eigenvalue weighted by Gasteiger charge is 2.63. The van der Waals surface area contributed by atoms with Gasteiger partial charge in [0.15, 0.2) is 0 Å². The lowest BCUT2D eigenvalue weighted by Crippen LogP contribution is -2.57. The fraction of sp³-hybridized carbons (Fsp3) is 0.742. The van der Waals surface area contributed by atoms with E-state index < -0.39 is 0 Å². The lowest BCUT2D eigenvalue weighted by atomic mass is 9.44. The van der Waals surface area contributed by atoms with Crippen molar-refractivity contribution in [3.8, 4) is 0 Å². The van der Waals surface area contributed by atoms with E-state index in [9.17, 15) is 14.7 Å². The first-order valence-electron chi connectivity index (χ1n) is 14.1. The van der Waals surface area contributed by atoms with Crippen LogP contribution in [0, 0.1) is 46.3 Å². The maximum absolute atomic E-state index is 13.6. The standard InChI is InChI=1S/C31H44O4/c1-20(9-12-28(34)35-19-21-7-5-4-6-8-21)24-10-11-25-29-26(14-16-31(24,25)3)30(2)15-13-23(32)17-22(30)18-27(29)33/h4-8,20,22-26,29,32H,9-19H2,1-3H3/t20-,22?,23-,24-,25?,26?,29?,30+,31-/m1/s1. The van der Waals surface area contributed by atoms with Gasteiger partial charge in [0, 0.05) is 18.8 Å². The molecule has 4 unspecified atom stereocenters. The van der Waals surface area contributed by atoms with Crippen LogP contribution >= 0.6 is 0 Å². The van der Waals surface area contributed by atoms with E-state index >= 15 is 0 Å². The molecular formula is C31H44O4. The highest BCUT2D eigenvalue weighted by atomic mass is 16.5. The summed E-state index contributed by atoms with van der Waals surface area (Å²) < 4.78 is 5.53. The predicted molar refractivity (Wildman–Crippen MR) is 136 cm³/mol. The molecule has 5 rings (SSSR count). The summed E-state index contributed by atoms with van der Waals surface area (Å²) in [4.78, 5) is 26.0. The molecule has 0 aliphatic heterocycles. The molecule has 9 atom stereocenters. The van der Waals surface area contributed by atoms with Crippen LogP contribution in [0.1, 0.15) is 90.5 Å². The van der Waals surface area contributed by atoms with Crippen molar-refractivity contribution in [2.75, 3.05) is 0 Å². The van der Waals surface area contributed by atoms with Crippen LogP contribution < -0.4 is 0 Å². The van der Waals surface area contributed by atoms with Gasteiger partial charge in [0.1, 0.15) is 12.4 Å². The Morgan fingerprint density at radius 1 is 1.06 bits per heavy atom. The second kappa shape index (κ2) is 9.65. The van der Waals surface area contributed by atoms with Gasteiger partial charge in [0.05, 0.1) is 6.10 Å². The van der Waals surface area contributed by atoms with Gasteiger partial charge in [-0.1, -0.05) is 51.1 Å². The van der Waals surface area contributed by atoms with E-state index in [4.69, 9.17) is 4.74 Å². The highest BCUT2D eigenvalue weighted by Crippen LogP contribution is 2.67. The number of rotatable bonds is 6. The minimum Gasteiger partial charge on any atom is -0.461 e. The summed E-state index contributed by atoms with van der Waals surface area (Å²) in [6.45, 7) is 7.56. The van der Waals surface area contributed by atoms with E-state index in [1.54, 1.807) is 0 Å². The number of esters is 1. The Balaban J connectivity index is 1.21. The first-order valence-corrected chi connectivity index (χ1v) is 14.1. The van der Waals surface area contributed by atoms with Crippen molar-refractivity contribution >= 4 is 11.8 Å². The van der Waals surface area contributed by atoms with Crippen molar-refractivity contribution in [2.45, 2.75) is 97.7 Å². The fourth-order valence-corrected chi connectivity index (χ4v) is 9.24. The van der Waals surface area contributed by atoms with E-state index in [-0.39, 0.29) is 28.8 Å². The zero-order valence-corrected chi connectivity index (χ0v) is 21.9. The van der Waals surface area contributed by atoms with Crippen molar-refractivity contribution in [1.29, 1.82) is 0 Å². The second-order valence-electron chi connectivity index (χ2n) is 12.9. The monoisotopic (exact) mass is 480 g/mol. The minimum atomic E-state index is -0.220. The zero-order chi connectivity index (χ0) is 24.8. The SMILES string of the molecule is C[C@H](CCC(=O)OCc1ccccc1)[C@H]1CCC2C3C(=O)CC4C[C@H](O)CC[C@]4(C)C3CC[C@@]21C. The van der Waals surface area contributed by atoms with Crippen LogP contribution in [-0.4, -0.2) is 23.0 Å². The second-order valence-corrected chi connectivity index (χ2v) is 12.9. The molecule has 4 fully saturated rings. The lowest BCUT2D eigenvalue weighted by molar-refractivity contribution is -0.160. The lowest BCUT2D eigenvalue weighted by Gasteiger charge is -2.60. The minimum absolute atomic E-state index is 0.106. The largest absolute Gasteiger partial charge is 0.461 e. The van der Waals surface area contributed by atoms with Crippen LogP contribution in [0.3, 0.4) is 0 Å². The molecule has 4 aliphatic carbocycles. The number of Topliss-reactive ketones (excluding diaryl/α,β-unsaturated/α-hetero) is 1. The molecule has 0 heterocycles. The maximum Gasteiger partial charge on any atom is 0.306 e. The highest BCUT2D eigenvalue weighted by molar-refractivity contribution is 5.83. The first-order chi connectivity index (χ1) is 16.7. The third kappa shape index (κ3) is 4.49. The molecule has 35 heavy (non-hydrogen) atoms. The van der Waals surface area contributed by atoms with Crippen molar-refractivity contribution in [3.63, 3.8) is 0 Å². The van der Waals surface area contributed by atoms with Crippen LogP contribution in [0.5, 0.6) is 0 Å². The van der Waals surface area contributed by atoms with Gasteiger partial charge < -0.3 is 9.84 Å². The Kier molecular flexibility index (Phi) is 6.89. The molecule has 0 aromatic heterocycles. The van der Waals surface area contributed by atoms with Gasteiger partial charge in [-0.2, -0.15) is 0 Å². The van der Waals surface area contributed by atoms with E-state index in [0.717, 1.165) is 44.1 Å². The van der Waals surface area contributed by atoms with E-state index in [2.05, 4.69) is 20.8 Å². The third-order valence-corrected chi connectivity index (χ3v) is 11.2. The number of fused-ring (bicyclic) bond motifs is 5. The van der Waals surface area contributed by atoms with Crippen molar-refractivity contribution < 1.29 is 19.4 Å². The quantitative estimate of drug-likeness (QED) is 0.482. The molecule has 0 saturated heterocycles. The van der Waals surface area contributed by atoms with Crippen LogP contribution in [0.15, 0.2) is 30.3 Å². The first kappa shape index (κ1) is 25.0. The smallest absolute Gasteiger partial charge is 0.306 e. The topological polar surface area (TPSA) is 63.6 Å². The zero-order valence-electron chi connectivity index (χ0n) is 21.9. The van der Waals surface area contributed by atoms with Gasteiger partial charge in [-0.05, 0) is 97.3 Å². The van der Waals surface area contributed by atoms with Gasteiger partial charge in [0.2, 0.25) is 0 Å². The van der Waals surface area contributed by atoms with Crippen molar-refractivity contribution in [1.82, 2.24) is 0 Å². The molecule has 4 saturated carbocycles. The van der Waals surface area contributed by atoms with Gasteiger partial charge in [-0.3, -0.25) is 9.59 Å². The molecule has 0 bridgehead atoms. The number of ether oxygens (including phenoxy) is 1. The maximum atomic E-state index is 13.6. The summed E-state index contributed by atoms with van der Waals surface area (Å²) in [5.41, 5.74) is 1.43. The van der Waals surface area contributed by atoms with Gasteiger partial charge >= 0.3 is 5.97 Å². The number of hydrogen-bond donors (Lipinski definition) is 1. The fourth-order valence-electron chi connectivity index (χ4n) is 9.24. The normalized spacial score (nSPS) is 41.4. The van der Waals surface area contributed by atoms with E-state index in [0.29, 0.717) is 54.8 Å². The van der Waals surface area contributed by atoms with Crippen molar-refractivity contribution in [2.24, 2.45) is 46.3 Å². The third-order valence-electron chi connectivity index (χ3n) is 11.2. The average molecular weight is 481 g/mol. The Labute approximate surface area is 211 Å². The summed E-state index contributed by atoms with van der Waals surface area (Å²) in [5, 5.41) is 10.3. The number of carbonyl (C=O) groups excluding carboxylic acids is 2. The van der Waals surface area contributed by atoms with E-state index in [1.807, 2.05) is 30.3 Å². The van der Waals surface area contributed by atoms with Crippen LogP contribution in [0.25, 0.3) is 0 Å². The number of aliphatic hydroxyl groups is 1. The number of aliphatic hydroxyl groups excluding tert-OH is 1. The Morgan fingerprint density at radius 2 is 1.77 bits per heavy atom. The molecule has 4 aliphatic rings. The summed E-state index contributed by atoms with van der Waals surface area (Å²) in [7, 11) is 0. The van der Waals surface area contributed by atoms with Gasteiger partial charge in [-0.25, -0.2) is 0 Å². The number of hydrogen-bond acceptors (Lipinski definition) is 4. The molecule has 0 radical (unpaired) electrons. The summed E-state index contributed by atoms with van der Waals surface area (Å²) in [6, 6.07) is 9.86. The number of benzene rings is 1. The van der Waals surface area contributed by atoms with Crippen LogP contribution in [0.2, 0.25) is 0 Å². The predicted octanol–water partition coefficient (Wildman–Crippen LogP) is 6.34. The summed E-state index contributed by atoms with van der Waals surface area (Å²) in [6.07, 6.45) is 9.24. The molecule has 1 aromatic rings. The molecule has 0 spiro atoms. The Bertz CT molecular complexity index is 927. The molecule has 1 aromatic carbocycles. The van der Waals surface area contributed by atoms with Crippen LogP contribution in [0.4, 0.5) is 0 Å². The Morgan fingerprint density at radius 3 is 2.54 bits per heavy atom. The van der Waals surface area contributed by atoms with Crippen LogP contribution in [-0.2, 0) is 20.9 Å². The van der Waals surface area contributed by atoms with Gasteiger partial charge in [-0.15, -0.1) is 0 Å². The van der Waals surface area contributed by atoms with Gasteiger partial charge in [0.25, 0.3) is 0 Å². The summed E-state index contributed by atoms with van der Waals surface area (Å²) >= 11 is 0. The molecule has 0 amide bonds. The molecule has 4 heteroatoms. The molecular weight excluding hydrogens is 436 g/mol. The summed E-state index contributed by atoms with van der Waals surface area (Å²) in [5.74, 6) is 2.95. The number of carbonyl (C=O) groups is 2.